The third-order valence-corrected chi connectivity index (χ3v) is 6.97. The smallest absolute Gasteiger partial charge is 0.163 e. The van der Waals surface area contributed by atoms with Crippen LogP contribution in [0.1, 0.15) is 43.9 Å². The van der Waals surface area contributed by atoms with Crippen LogP contribution in [0.15, 0.2) is 83.5 Å². The molecule has 3 aromatic carbocycles. The molecule has 0 amide bonds. The lowest BCUT2D eigenvalue weighted by atomic mass is 9.81. The predicted octanol–water partition coefficient (Wildman–Crippen LogP) is 6.44. The summed E-state index contributed by atoms with van der Waals surface area (Å²) >= 11 is 0. The van der Waals surface area contributed by atoms with E-state index in [9.17, 15) is 14.0 Å². The number of nitrogens with zero attached hydrogens (tertiary/aromatic N) is 2. The van der Waals surface area contributed by atoms with Crippen LogP contribution < -0.4 is 11.5 Å². The Balaban J connectivity index is 1.80. The number of benzene rings is 3. The summed E-state index contributed by atoms with van der Waals surface area (Å²) < 4.78 is 27.7. The zero-order valence-electron chi connectivity index (χ0n) is 21.6. The van der Waals surface area contributed by atoms with Gasteiger partial charge in [-0.15, -0.1) is 0 Å². The third-order valence-electron chi connectivity index (χ3n) is 6.97. The Hall–Kier alpha value is -3.82. The molecular formula is C31H34F2N4. The van der Waals surface area contributed by atoms with Crippen LogP contribution in [0.4, 0.5) is 8.78 Å². The van der Waals surface area contributed by atoms with Gasteiger partial charge in [-0.2, -0.15) is 5.26 Å². The molecule has 192 valence electrons. The van der Waals surface area contributed by atoms with E-state index in [2.05, 4.69) is 23.2 Å². The molecule has 0 aromatic heterocycles. The Morgan fingerprint density at radius 2 is 1.68 bits per heavy atom. The summed E-state index contributed by atoms with van der Waals surface area (Å²) in [7, 11) is 0. The van der Waals surface area contributed by atoms with Crippen LogP contribution >= 0.6 is 0 Å². The van der Waals surface area contributed by atoms with E-state index in [0.717, 1.165) is 34.7 Å². The van der Waals surface area contributed by atoms with Crippen molar-refractivity contribution in [1.82, 2.24) is 0 Å². The molecule has 0 aliphatic heterocycles. The molecule has 0 aliphatic carbocycles. The van der Waals surface area contributed by atoms with E-state index in [1.165, 1.54) is 12.1 Å². The van der Waals surface area contributed by atoms with Crippen LogP contribution in [0, 0.1) is 28.9 Å². The molecule has 0 heterocycles. The lowest BCUT2D eigenvalue weighted by molar-refractivity contribution is 0.499. The minimum atomic E-state index is -0.900. The van der Waals surface area contributed by atoms with E-state index in [-0.39, 0.29) is 18.0 Å². The summed E-state index contributed by atoms with van der Waals surface area (Å²) in [4.78, 5) is 4.55. The van der Waals surface area contributed by atoms with E-state index in [0.29, 0.717) is 24.4 Å². The molecule has 4 nitrogen and oxygen atoms in total. The molecule has 0 fully saturated rings. The highest BCUT2D eigenvalue weighted by atomic mass is 19.2. The highest BCUT2D eigenvalue weighted by Crippen LogP contribution is 2.29. The number of hydrogen-bond acceptors (Lipinski definition) is 4. The largest absolute Gasteiger partial charge is 0.398 e. The maximum Gasteiger partial charge on any atom is 0.163 e. The summed E-state index contributed by atoms with van der Waals surface area (Å²) in [6, 6.07) is 22.8. The molecule has 0 radical (unpaired) electrons. The molecule has 0 saturated carbocycles. The molecule has 2 unspecified atom stereocenters. The second-order valence-corrected chi connectivity index (χ2v) is 9.37. The van der Waals surface area contributed by atoms with Gasteiger partial charge in [0, 0.05) is 23.7 Å². The van der Waals surface area contributed by atoms with Crippen LogP contribution in [0.25, 0.3) is 11.1 Å². The molecule has 0 spiro atoms. The number of allylic oxidation sites excluding steroid dienone is 2. The van der Waals surface area contributed by atoms with E-state index < -0.39 is 17.0 Å². The van der Waals surface area contributed by atoms with Gasteiger partial charge in [-0.05, 0) is 55.0 Å². The van der Waals surface area contributed by atoms with Crippen molar-refractivity contribution in [3.63, 3.8) is 0 Å². The second-order valence-electron chi connectivity index (χ2n) is 9.37. The second kappa shape index (κ2) is 12.4. The quantitative estimate of drug-likeness (QED) is 0.314. The van der Waals surface area contributed by atoms with Crippen LogP contribution in [0.5, 0.6) is 0 Å². The standard InChI is InChI=1S/C31H34F2N4/c1-4-28(36)30(37-19-24-7-6-8-27(32)29(24)33)25(18-34)17-21-9-11-22(12-10-21)23-13-15-26(16-14-23)31(3,5-2)20-35/h4,6-16,25H,5,17-19,34,36H2,1-3H3/b28-4+,37-30?. The summed E-state index contributed by atoms with van der Waals surface area (Å²) in [6.07, 6.45) is 3.10. The average Bonchev–Trinajstić information content (AvgIpc) is 2.94. The van der Waals surface area contributed by atoms with Crippen molar-refractivity contribution in [3.05, 3.63) is 107 Å². The van der Waals surface area contributed by atoms with E-state index in [4.69, 9.17) is 11.5 Å². The van der Waals surface area contributed by atoms with Gasteiger partial charge in [0.1, 0.15) is 0 Å². The van der Waals surface area contributed by atoms with Crippen molar-refractivity contribution in [1.29, 1.82) is 5.26 Å². The topological polar surface area (TPSA) is 88.2 Å². The fraction of sp³-hybridized carbons (Fsp3) is 0.290. The SMILES string of the molecule is C/C=C(/N)C(=NCc1cccc(F)c1F)C(CN)Cc1ccc(-c2ccc(C(C)(C#N)CC)cc2)cc1. The van der Waals surface area contributed by atoms with Gasteiger partial charge < -0.3 is 11.5 Å². The number of nitriles is 1. The van der Waals surface area contributed by atoms with Crippen LogP contribution in [-0.4, -0.2) is 12.3 Å². The number of rotatable bonds is 10. The fourth-order valence-electron chi connectivity index (χ4n) is 4.23. The van der Waals surface area contributed by atoms with Gasteiger partial charge in [-0.25, -0.2) is 8.78 Å². The van der Waals surface area contributed by atoms with E-state index in [1.54, 1.807) is 13.0 Å². The first kappa shape index (κ1) is 27.8. The minimum absolute atomic E-state index is 0.0260. The third kappa shape index (κ3) is 6.49. The Morgan fingerprint density at radius 3 is 2.22 bits per heavy atom. The van der Waals surface area contributed by atoms with E-state index >= 15 is 0 Å². The minimum Gasteiger partial charge on any atom is -0.398 e. The molecule has 3 rings (SSSR count). The van der Waals surface area contributed by atoms with Crippen molar-refractivity contribution < 1.29 is 8.78 Å². The van der Waals surface area contributed by atoms with Gasteiger partial charge in [0.05, 0.1) is 23.7 Å². The van der Waals surface area contributed by atoms with Gasteiger partial charge >= 0.3 is 0 Å². The van der Waals surface area contributed by atoms with Crippen LogP contribution in [-0.2, 0) is 18.4 Å². The summed E-state index contributed by atoms with van der Waals surface area (Å²) in [5.41, 5.74) is 17.3. The highest BCUT2D eigenvalue weighted by molar-refractivity contribution is 6.01. The van der Waals surface area contributed by atoms with Crippen LogP contribution in [0.2, 0.25) is 0 Å². The Labute approximate surface area is 218 Å². The number of aliphatic imine (C=N–C) groups is 1. The maximum absolute atomic E-state index is 14.1. The Morgan fingerprint density at radius 1 is 1.05 bits per heavy atom. The first-order valence-electron chi connectivity index (χ1n) is 12.5. The predicted molar refractivity (Wildman–Crippen MR) is 147 cm³/mol. The summed E-state index contributed by atoms with van der Waals surface area (Å²) in [6.45, 7) is 6.06. The average molecular weight is 501 g/mol. The van der Waals surface area contributed by atoms with Crippen molar-refractivity contribution in [2.75, 3.05) is 6.54 Å². The summed E-state index contributed by atoms with van der Waals surface area (Å²) in [5.74, 6) is -1.98. The molecule has 3 aromatic rings. The first-order valence-corrected chi connectivity index (χ1v) is 12.5. The van der Waals surface area contributed by atoms with Gasteiger partial charge in [0.25, 0.3) is 0 Å². The van der Waals surface area contributed by atoms with Gasteiger partial charge in [0.2, 0.25) is 0 Å². The zero-order valence-corrected chi connectivity index (χ0v) is 21.6. The van der Waals surface area contributed by atoms with Crippen molar-refractivity contribution in [2.45, 2.75) is 45.6 Å². The normalized spacial score (nSPS) is 14.6. The monoisotopic (exact) mass is 500 g/mol. The molecular weight excluding hydrogens is 466 g/mol. The van der Waals surface area contributed by atoms with Crippen molar-refractivity contribution >= 4 is 5.71 Å². The lowest BCUT2D eigenvalue weighted by Gasteiger charge is -2.20. The number of nitrogens with two attached hydrogens (primary N) is 2. The Kier molecular flexibility index (Phi) is 9.32. The van der Waals surface area contributed by atoms with Crippen molar-refractivity contribution in [2.24, 2.45) is 22.4 Å². The zero-order chi connectivity index (χ0) is 27.0. The molecule has 0 saturated heterocycles. The molecule has 4 N–H and O–H groups in total. The molecule has 6 heteroatoms. The van der Waals surface area contributed by atoms with Crippen LogP contribution in [0.3, 0.4) is 0 Å². The molecule has 0 aliphatic rings. The molecule has 0 bridgehead atoms. The maximum atomic E-state index is 14.1. The Bertz CT molecular complexity index is 1300. The fourth-order valence-corrected chi connectivity index (χ4v) is 4.23. The number of hydrogen-bond donors (Lipinski definition) is 2. The van der Waals surface area contributed by atoms with Gasteiger partial charge in [0.15, 0.2) is 11.6 Å². The van der Waals surface area contributed by atoms with E-state index in [1.807, 2.05) is 50.2 Å². The summed E-state index contributed by atoms with van der Waals surface area (Å²) in [5, 5.41) is 9.54. The van der Waals surface area contributed by atoms with Gasteiger partial charge in [-0.3, -0.25) is 4.99 Å². The number of halogens is 2. The molecule has 37 heavy (non-hydrogen) atoms. The lowest BCUT2D eigenvalue weighted by Crippen LogP contribution is -2.30. The van der Waals surface area contributed by atoms with Gasteiger partial charge in [-0.1, -0.05) is 73.7 Å². The first-order chi connectivity index (χ1) is 17.8. The van der Waals surface area contributed by atoms with Crippen molar-refractivity contribution in [3.8, 4) is 17.2 Å². The highest BCUT2D eigenvalue weighted by Gasteiger charge is 2.24. The molecule has 2 atom stereocenters.